The molecular weight excluding hydrogens is 164 g/mol. The van der Waals surface area contributed by atoms with Crippen LogP contribution in [0.25, 0.3) is 0 Å². The number of ketones is 1. The van der Waals surface area contributed by atoms with Gasteiger partial charge in [-0.25, -0.2) is 0 Å². The molecule has 0 aliphatic heterocycles. The molecule has 1 aromatic rings. The zero-order chi connectivity index (χ0) is 9.10. The van der Waals surface area contributed by atoms with Crippen LogP contribution in [0.2, 0.25) is 0 Å². The van der Waals surface area contributed by atoms with E-state index in [0.29, 0.717) is 5.69 Å². The highest BCUT2D eigenvalue weighted by Crippen LogP contribution is 2.20. The second-order valence-electron chi connectivity index (χ2n) is 3.27. The number of carbonyl (C=O) groups excluding carboxylic acids is 1. The Bertz CT molecular complexity index is 325. The van der Waals surface area contributed by atoms with Gasteiger partial charge in [0.2, 0.25) is 5.78 Å². The van der Waals surface area contributed by atoms with Gasteiger partial charge in [0.05, 0.1) is 0 Å². The van der Waals surface area contributed by atoms with Crippen molar-refractivity contribution in [2.24, 2.45) is 0 Å². The molecule has 3 heteroatoms. The molecule has 0 saturated carbocycles. The molecule has 0 spiro atoms. The van der Waals surface area contributed by atoms with Gasteiger partial charge in [0.25, 0.3) is 0 Å². The fraction of sp³-hybridized carbons (Fsp3) is 0.400. The third-order valence-corrected chi connectivity index (χ3v) is 2.33. The highest BCUT2D eigenvalue weighted by Gasteiger charge is 2.14. The van der Waals surface area contributed by atoms with E-state index in [2.05, 4.69) is 10.2 Å². The molecule has 0 amide bonds. The number of nitrogens with zero attached hydrogens (tertiary/aromatic N) is 1. The van der Waals surface area contributed by atoms with Crippen LogP contribution in [-0.2, 0) is 0 Å². The lowest BCUT2D eigenvalue weighted by Gasteiger charge is -2.09. The van der Waals surface area contributed by atoms with E-state index in [1.165, 1.54) is 6.42 Å². The highest BCUT2D eigenvalue weighted by atomic mass is 16.1. The van der Waals surface area contributed by atoms with Crippen LogP contribution in [0, 0.1) is 0 Å². The van der Waals surface area contributed by atoms with Crippen molar-refractivity contribution in [2.75, 3.05) is 0 Å². The van der Waals surface area contributed by atoms with E-state index in [-0.39, 0.29) is 5.78 Å². The number of rotatable bonds is 2. The zero-order valence-electron chi connectivity index (χ0n) is 7.42. The van der Waals surface area contributed by atoms with Crippen molar-refractivity contribution in [3.8, 4) is 0 Å². The summed E-state index contributed by atoms with van der Waals surface area (Å²) < 4.78 is 0. The van der Waals surface area contributed by atoms with Gasteiger partial charge >= 0.3 is 0 Å². The summed E-state index contributed by atoms with van der Waals surface area (Å²) >= 11 is 0. The van der Waals surface area contributed by atoms with Crippen LogP contribution in [0.15, 0.2) is 23.9 Å². The number of H-pyrrole nitrogens is 1. The molecule has 0 aromatic carbocycles. The maximum absolute atomic E-state index is 11.7. The first kappa shape index (κ1) is 8.23. The van der Waals surface area contributed by atoms with Crippen molar-refractivity contribution >= 4 is 5.78 Å². The SMILES string of the molecule is O=C(C1=CCCCC1)c1ccn[nH]1. The largest absolute Gasteiger partial charge is 0.287 e. The number of nitrogens with one attached hydrogen (secondary N) is 1. The summed E-state index contributed by atoms with van der Waals surface area (Å²) in [7, 11) is 0. The Morgan fingerprint density at radius 3 is 3.00 bits per heavy atom. The Kier molecular flexibility index (Phi) is 2.25. The van der Waals surface area contributed by atoms with E-state index < -0.39 is 0 Å². The summed E-state index contributed by atoms with van der Waals surface area (Å²) in [5.41, 5.74) is 1.55. The third kappa shape index (κ3) is 1.69. The lowest BCUT2D eigenvalue weighted by molar-refractivity contribution is 0.102. The van der Waals surface area contributed by atoms with E-state index in [1.54, 1.807) is 12.3 Å². The lowest BCUT2D eigenvalue weighted by atomic mass is 9.95. The smallest absolute Gasteiger partial charge is 0.206 e. The summed E-state index contributed by atoms with van der Waals surface area (Å²) in [6.45, 7) is 0. The van der Waals surface area contributed by atoms with Gasteiger partial charge in [-0.05, 0) is 37.3 Å². The molecule has 0 radical (unpaired) electrons. The summed E-state index contributed by atoms with van der Waals surface area (Å²) in [5.74, 6) is 0.109. The second kappa shape index (κ2) is 3.56. The summed E-state index contributed by atoms with van der Waals surface area (Å²) in [5, 5.41) is 6.46. The number of Topliss-reactive ketones (excluding diaryl/α,β-unsaturated/α-hetero) is 1. The average Bonchev–Trinajstić information content (AvgIpc) is 2.71. The molecular formula is C10H12N2O. The Morgan fingerprint density at radius 2 is 2.38 bits per heavy atom. The van der Waals surface area contributed by atoms with Gasteiger partial charge in [0, 0.05) is 6.20 Å². The van der Waals surface area contributed by atoms with Crippen molar-refractivity contribution in [3.63, 3.8) is 0 Å². The van der Waals surface area contributed by atoms with Crippen LogP contribution in [-0.4, -0.2) is 16.0 Å². The maximum Gasteiger partial charge on any atom is 0.206 e. The van der Waals surface area contributed by atoms with Gasteiger partial charge in [-0.2, -0.15) is 5.10 Å². The Balaban J connectivity index is 2.17. The first-order valence-electron chi connectivity index (χ1n) is 4.61. The zero-order valence-corrected chi connectivity index (χ0v) is 7.42. The van der Waals surface area contributed by atoms with Crippen molar-refractivity contribution in [3.05, 3.63) is 29.6 Å². The normalized spacial score (nSPS) is 16.8. The monoisotopic (exact) mass is 176 g/mol. The number of carbonyl (C=O) groups is 1. The Labute approximate surface area is 76.8 Å². The van der Waals surface area contributed by atoms with E-state index in [0.717, 1.165) is 24.8 Å². The van der Waals surface area contributed by atoms with Gasteiger partial charge in [-0.1, -0.05) is 6.08 Å². The van der Waals surface area contributed by atoms with Crippen LogP contribution in [0.4, 0.5) is 0 Å². The fourth-order valence-corrected chi connectivity index (χ4v) is 1.60. The second-order valence-corrected chi connectivity index (χ2v) is 3.27. The van der Waals surface area contributed by atoms with E-state index in [4.69, 9.17) is 0 Å². The summed E-state index contributed by atoms with van der Waals surface area (Å²) in [6.07, 6.45) is 7.95. The van der Waals surface area contributed by atoms with E-state index >= 15 is 0 Å². The number of aromatic amines is 1. The molecule has 3 nitrogen and oxygen atoms in total. The first-order valence-corrected chi connectivity index (χ1v) is 4.61. The number of aromatic nitrogens is 2. The first-order chi connectivity index (χ1) is 6.38. The molecule has 1 aliphatic carbocycles. The molecule has 1 N–H and O–H groups in total. The Hall–Kier alpha value is -1.38. The lowest BCUT2D eigenvalue weighted by Crippen LogP contribution is -2.06. The summed E-state index contributed by atoms with van der Waals surface area (Å²) in [4.78, 5) is 11.7. The number of hydrogen-bond acceptors (Lipinski definition) is 2. The third-order valence-electron chi connectivity index (χ3n) is 2.33. The van der Waals surface area contributed by atoms with Gasteiger partial charge in [0.1, 0.15) is 5.69 Å². The van der Waals surface area contributed by atoms with Crippen molar-refractivity contribution in [1.82, 2.24) is 10.2 Å². The van der Waals surface area contributed by atoms with Gasteiger partial charge in [0.15, 0.2) is 0 Å². The van der Waals surface area contributed by atoms with E-state index in [9.17, 15) is 4.79 Å². The average molecular weight is 176 g/mol. The van der Waals surface area contributed by atoms with Crippen LogP contribution in [0.3, 0.4) is 0 Å². The molecule has 2 rings (SSSR count). The molecule has 0 unspecified atom stereocenters. The standard InChI is InChI=1S/C10H12N2O/c13-10(9-6-7-11-12-9)8-4-2-1-3-5-8/h4,6-7H,1-3,5H2,(H,11,12). The van der Waals surface area contributed by atoms with Crippen LogP contribution < -0.4 is 0 Å². The Morgan fingerprint density at radius 1 is 1.46 bits per heavy atom. The van der Waals surface area contributed by atoms with Gasteiger partial charge in [-0.15, -0.1) is 0 Å². The molecule has 1 aromatic heterocycles. The van der Waals surface area contributed by atoms with Gasteiger partial charge in [-0.3, -0.25) is 9.89 Å². The molecule has 0 fully saturated rings. The molecule has 0 saturated heterocycles. The van der Waals surface area contributed by atoms with Crippen molar-refractivity contribution in [1.29, 1.82) is 0 Å². The molecule has 68 valence electrons. The minimum absolute atomic E-state index is 0.109. The molecule has 0 atom stereocenters. The van der Waals surface area contributed by atoms with Crippen LogP contribution in [0.5, 0.6) is 0 Å². The minimum Gasteiger partial charge on any atom is -0.287 e. The maximum atomic E-state index is 11.7. The summed E-state index contributed by atoms with van der Waals surface area (Å²) in [6, 6.07) is 1.72. The van der Waals surface area contributed by atoms with Gasteiger partial charge < -0.3 is 0 Å². The fourth-order valence-electron chi connectivity index (χ4n) is 1.60. The minimum atomic E-state index is 0.109. The number of allylic oxidation sites excluding steroid dienone is 2. The predicted molar refractivity (Wildman–Crippen MR) is 49.5 cm³/mol. The van der Waals surface area contributed by atoms with Crippen molar-refractivity contribution < 1.29 is 4.79 Å². The van der Waals surface area contributed by atoms with E-state index in [1.807, 2.05) is 6.08 Å². The molecule has 0 bridgehead atoms. The molecule has 13 heavy (non-hydrogen) atoms. The van der Waals surface area contributed by atoms with Crippen molar-refractivity contribution in [2.45, 2.75) is 25.7 Å². The quantitative estimate of drug-likeness (QED) is 0.701. The number of hydrogen-bond donors (Lipinski definition) is 1. The van der Waals surface area contributed by atoms with Crippen LogP contribution >= 0.6 is 0 Å². The highest BCUT2D eigenvalue weighted by molar-refractivity contribution is 6.07. The predicted octanol–water partition coefficient (Wildman–Crippen LogP) is 2.09. The molecule has 1 aliphatic rings. The molecule has 1 heterocycles. The van der Waals surface area contributed by atoms with Crippen LogP contribution in [0.1, 0.15) is 36.2 Å². The topological polar surface area (TPSA) is 45.8 Å².